The van der Waals surface area contributed by atoms with Crippen molar-refractivity contribution in [1.82, 2.24) is 9.97 Å². The van der Waals surface area contributed by atoms with Gasteiger partial charge in [0, 0.05) is 22.2 Å². The van der Waals surface area contributed by atoms with Crippen LogP contribution < -0.4 is 0 Å². The van der Waals surface area contributed by atoms with Crippen LogP contribution in [-0.4, -0.2) is 15.7 Å². The van der Waals surface area contributed by atoms with Gasteiger partial charge in [0.1, 0.15) is 0 Å². The number of fused-ring (bicyclic) bond motifs is 2. The van der Waals surface area contributed by atoms with Gasteiger partial charge in [-0.2, -0.15) is 0 Å². The molecule has 36 heavy (non-hydrogen) atoms. The maximum atomic E-state index is 5.10. The first-order chi connectivity index (χ1) is 17.7. The van der Waals surface area contributed by atoms with Crippen LogP contribution in [-0.2, 0) is 0 Å². The summed E-state index contributed by atoms with van der Waals surface area (Å²) in [6.07, 6.45) is 0. The number of para-hydroxylation sites is 2. The fourth-order valence-corrected chi connectivity index (χ4v) is 4.58. The summed E-state index contributed by atoms with van der Waals surface area (Å²) in [5.74, 6) is 0.711. The molecule has 172 valence electrons. The van der Waals surface area contributed by atoms with Crippen LogP contribution >= 0.6 is 0 Å². The predicted octanol–water partition coefficient (Wildman–Crippen LogP) is 8.57. The van der Waals surface area contributed by atoms with E-state index in [1.807, 2.05) is 37.3 Å². The summed E-state index contributed by atoms with van der Waals surface area (Å²) in [7, 11) is 0. The van der Waals surface area contributed by atoms with Crippen LogP contribution in [0.5, 0.6) is 0 Å². The largest absolute Gasteiger partial charge is 0.253 e. The molecular formula is C33H25N3. The summed E-state index contributed by atoms with van der Waals surface area (Å²) in [5.41, 5.74) is 8.09. The van der Waals surface area contributed by atoms with Gasteiger partial charge in [-0.25, -0.2) is 9.97 Å². The molecule has 5 aromatic carbocycles. The molecule has 6 aromatic rings. The van der Waals surface area contributed by atoms with Crippen molar-refractivity contribution < 1.29 is 0 Å². The topological polar surface area (TPSA) is 38.1 Å². The number of nitrogens with zero attached hydrogens (tertiary/aromatic N) is 3. The van der Waals surface area contributed by atoms with E-state index in [2.05, 4.69) is 91.9 Å². The normalized spacial score (nSPS) is 11.8. The van der Waals surface area contributed by atoms with Gasteiger partial charge in [0.25, 0.3) is 0 Å². The molecule has 1 heterocycles. The van der Waals surface area contributed by atoms with Gasteiger partial charge in [-0.15, -0.1) is 0 Å². The average molecular weight is 464 g/mol. The molecular weight excluding hydrogens is 438 g/mol. The van der Waals surface area contributed by atoms with Crippen LogP contribution in [0.4, 0.5) is 5.69 Å². The van der Waals surface area contributed by atoms with E-state index in [4.69, 9.17) is 15.0 Å². The zero-order valence-corrected chi connectivity index (χ0v) is 20.3. The highest BCUT2D eigenvalue weighted by molar-refractivity contribution is 6.01. The van der Waals surface area contributed by atoms with Crippen LogP contribution in [0.15, 0.2) is 120 Å². The molecule has 0 atom stereocenters. The Morgan fingerprint density at radius 2 is 1.42 bits per heavy atom. The Morgan fingerprint density at radius 3 is 2.31 bits per heavy atom. The Kier molecular flexibility index (Phi) is 5.59. The second-order valence-electron chi connectivity index (χ2n) is 9.04. The minimum Gasteiger partial charge on any atom is -0.253 e. The van der Waals surface area contributed by atoms with Gasteiger partial charge in [-0.3, -0.25) is 4.99 Å². The van der Waals surface area contributed by atoms with Gasteiger partial charge in [0.2, 0.25) is 0 Å². The molecule has 0 aliphatic rings. The molecule has 0 bridgehead atoms. The zero-order valence-electron chi connectivity index (χ0n) is 20.3. The number of hydrogen-bond acceptors (Lipinski definition) is 3. The number of hydrogen-bond donors (Lipinski definition) is 0. The van der Waals surface area contributed by atoms with Gasteiger partial charge in [-0.05, 0) is 60.0 Å². The molecule has 0 saturated heterocycles. The Morgan fingerprint density at radius 1 is 0.639 bits per heavy atom. The molecule has 0 N–H and O–H groups in total. The molecule has 0 saturated carbocycles. The minimum atomic E-state index is 0.711. The first-order valence-electron chi connectivity index (χ1n) is 12.1. The summed E-state index contributed by atoms with van der Waals surface area (Å²) in [4.78, 5) is 14.9. The third-order valence-corrected chi connectivity index (χ3v) is 6.57. The van der Waals surface area contributed by atoms with Gasteiger partial charge < -0.3 is 0 Å². The lowest BCUT2D eigenvalue weighted by Gasteiger charge is -2.11. The van der Waals surface area contributed by atoms with Crippen LogP contribution in [0.2, 0.25) is 0 Å². The first kappa shape index (κ1) is 21.9. The molecule has 3 nitrogen and oxygen atoms in total. The maximum Gasteiger partial charge on any atom is 0.160 e. The first-order valence-corrected chi connectivity index (χ1v) is 12.1. The number of aryl methyl sites for hydroxylation is 1. The lowest BCUT2D eigenvalue weighted by molar-refractivity contribution is 1.23. The molecule has 0 spiro atoms. The molecule has 1 aromatic heterocycles. The molecule has 0 aliphatic carbocycles. The molecule has 3 heteroatoms. The Bertz CT molecular complexity index is 1760. The van der Waals surface area contributed by atoms with E-state index in [0.717, 1.165) is 50.2 Å². The Labute approximate surface area is 210 Å². The molecule has 0 amide bonds. The second kappa shape index (κ2) is 9.20. The summed E-state index contributed by atoms with van der Waals surface area (Å²) < 4.78 is 0. The van der Waals surface area contributed by atoms with E-state index in [9.17, 15) is 0 Å². The minimum absolute atomic E-state index is 0.711. The van der Waals surface area contributed by atoms with E-state index in [1.165, 1.54) is 10.8 Å². The van der Waals surface area contributed by atoms with Crippen molar-refractivity contribution in [3.63, 3.8) is 0 Å². The van der Waals surface area contributed by atoms with E-state index in [-0.39, 0.29) is 0 Å². The molecule has 0 radical (unpaired) electrons. The monoisotopic (exact) mass is 463 g/mol. The van der Waals surface area contributed by atoms with Crippen molar-refractivity contribution >= 4 is 33.1 Å². The smallest absolute Gasteiger partial charge is 0.160 e. The number of aromatic nitrogens is 2. The highest BCUT2D eigenvalue weighted by Crippen LogP contribution is 2.31. The fraction of sp³-hybridized carbons (Fsp3) is 0.0606. The molecule has 6 rings (SSSR count). The van der Waals surface area contributed by atoms with Crippen LogP contribution in [0.3, 0.4) is 0 Å². The quantitative estimate of drug-likeness (QED) is 0.246. The SMILES string of the molecule is CC(=Nc1ccccc1C)c1cccc(-c2nc(-c3ccc4ccccc4c3)c3ccccc3n2)c1. The van der Waals surface area contributed by atoms with E-state index in [1.54, 1.807) is 0 Å². The lowest BCUT2D eigenvalue weighted by Crippen LogP contribution is -1.98. The predicted molar refractivity (Wildman–Crippen MR) is 151 cm³/mol. The number of rotatable bonds is 4. The second-order valence-corrected chi connectivity index (χ2v) is 9.04. The Balaban J connectivity index is 1.48. The Hall–Kier alpha value is -4.63. The maximum absolute atomic E-state index is 5.10. The number of aliphatic imine (C=N–C) groups is 1. The van der Waals surface area contributed by atoms with Crippen molar-refractivity contribution in [2.24, 2.45) is 4.99 Å². The lowest BCUT2D eigenvalue weighted by atomic mass is 10.0. The van der Waals surface area contributed by atoms with Crippen LogP contribution in [0.1, 0.15) is 18.1 Å². The third kappa shape index (κ3) is 4.16. The number of benzene rings is 5. The average Bonchev–Trinajstić information content (AvgIpc) is 2.93. The van der Waals surface area contributed by atoms with Gasteiger partial charge in [0.05, 0.1) is 16.9 Å². The molecule has 0 aliphatic heterocycles. The van der Waals surface area contributed by atoms with Crippen molar-refractivity contribution in [3.8, 4) is 22.6 Å². The van der Waals surface area contributed by atoms with Crippen molar-refractivity contribution in [3.05, 3.63) is 126 Å². The van der Waals surface area contributed by atoms with E-state index < -0.39 is 0 Å². The standard InChI is InChI=1S/C33H25N3/c1-22-10-3-7-16-30(22)34-23(2)25-13-9-14-28(20-25)33-35-31-17-8-6-15-29(31)32(36-33)27-19-18-24-11-4-5-12-26(24)21-27/h3-21H,1-2H3. The van der Waals surface area contributed by atoms with Crippen molar-refractivity contribution in [1.29, 1.82) is 0 Å². The van der Waals surface area contributed by atoms with Crippen LogP contribution in [0.25, 0.3) is 44.3 Å². The highest BCUT2D eigenvalue weighted by atomic mass is 14.9. The zero-order chi connectivity index (χ0) is 24.5. The fourth-order valence-electron chi connectivity index (χ4n) is 4.58. The third-order valence-electron chi connectivity index (χ3n) is 6.57. The van der Waals surface area contributed by atoms with Gasteiger partial charge in [-0.1, -0.05) is 91.0 Å². The summed E-state index contributed by atoms with van der Waals surface area (Å²) >= 11 is 0. The summed E-state index contributed by atoms with van der Waals surface area (Å²) in [5, 5.41) is 3.46. The molecule has 0 unspecified atom stereocenters. The van der Waals surface area contributed by atoms with Crippen molar-refractivity contribution in [2.75, 3.05) is 0 Å². The van der Waals surface area contributed by atoms with E-state index in [0.29, 0.717) is 5.82 Å². The highest BCUT2D eigenvalue weighted by Gasteiger charge is 2.13. The van der Waals surface area contributed by atoms with E-state index >= 15 is 0 Å². The van der Waals surface area contributed by atoms with Gasteiger partial charge in [0.15, 0.2) is 5.82 Å². The van der Waals surface area contributed by atoms with Crippen molar-refractivity contribution in [2.45, 2.75) is 13.8 Å². The summed E-state index contributed by atoms with van der Waals surface area (Å²) in [6.45, 7) is 4.13. The van der Waals surface area contributed by atoms with Gasteiger partial charge >= 0.3 is 0 Å². The molecule has 0 fully saturated rings. The summed E-state index contributed by atoms with van der Waals surface area (Å²) in [6, 6.07) is 39.7. The van der Waals surface area contributed by atoms with Crippen LogP contribution in [0, 0.1) is 6.92 Å².